The number of rotatable bonds is 4. The van der Waals surface area contributed by atoms with Gasteiger partial charge >= 0.3 is 6.18 Å². The second-order valence-corrected chi connectivity index (χ2v) is 8.19. The number of halogens is 4. The zero-order valence-electron chi connectivity index (χ0n) is 17.6. The molecule has 0 atom stereocenters. The summed E-state index contributed by atoms with van der Waals surface area (Å²) >= 11 is 6.16. The lowest BCUT2D eigenvalue weighted by Crippen LogP contribution is -2.38. The summed E-state index contributed by atoms with van der Waals surface area (Å²) in [5, 5.41) is 6.05. The summed E-state index contributed by atoms with van der Waals surface area (Å²) in [5.41, 5.74) is 6.44. The van der Waals surface area contributed by atoms with Gasteiger partial charge in [-0.1, -0.05) is 23.7 Å². The van der Waals surface area contributed by atoms with E-state index in [1.165, 1.54) is 18.3 Å². The Morgan fingerprint density at radius 1 is 1.15 bits per heavy atom. The maximum absolute atomic E-state index is 13.0. The van der Waals surface area contributed by atoms with Crippen molar-refractivity contribution in [1.29, 1.82) is 0 Å². The van der Waals surface area contributed by atoms with Crippen molar-refractivity contribution in [2.75, 3.05) is 23.7 Å². The number of nitrogens with zero attached hydrogens (tertiary/aromatic N) is 4. The number of hydrogen-bond acceptors (Lipinski definition) is 7. The fourth-order valence-corrected chi connectivity index (χ4v) is 3.65. The van der Waals surface area contributed by atoms with Crippen molar-refractivity contribution in [2.24, 2.45) is 10.7 Å². The predicted molar refractivity (Wildman–Crippen MR) is 123 cm³/mol. The Labute approximate surface area is 194 Å². The molecule has 0 saturated carbocycles. The standard InChI is InChI=1S/C22H23ClF3N7/c23-18-13-29-21(32-20(18)30-16-4-1-3-14(11-16)22(24,25)26)31-19-6-2-5-17(12-28-19)33-9-7-15(27)8-10-33/h1-5,11-13,15H,6-10,27H2,(H2,28,29,30,31,32). The van der Waals surface area contributed by atoms with Gasteiger partial charge in [-0.2, -0.15) is 18.2 Å². The van der Waals surface area contributed by atoms with Crippen molar-refractivity contribution in [2.45, 2.75) is 31.5 Å². The quantitative estimate of drug-likeness (QED) is 0.578. The van der Waals surface area contributed by atoms with Crippen LogP contribution in [0.3, 0.4) is 0 Å². The molecule has 2 aliphatic heterocycles. The van der Waals surface area contributed by atoms with Gasteiger partial charge in [-0.05, 0) is 37.1 Å². The number of anilines is 3. The van der Waals surface area contributed by atoms with Crippen molar-refractivity contribution >= 4 is 34.9 Å². The van der Waals surface area contributed by atoms with Crippen LogP contribution in [-0.2, 0) is 6.18 Å². The van der Waals surface area contributed by atoms with E-state index >= 15 is 0 Å². The highest BCUT2D eigenvalue weighted by Crippen LogP contribution is 2.32. The van der Waals surface area contributed by atoms with Gasteiger partial charge in [0, 0.05) is 31.2 Å². The van der Waals surface area contributed by atoms with Crippen LogP contribution in [0.15, 0.2) is 59.5 Å². The van der Waals surface area contributed by atoms with Gasteiger partial charge in [-0.25, -0.2) is 9.98 Å². The van der Waals surface area contributed by atoms with Crippen molar-refractivity contribution in [3.8, 4) is 0 Å². The predicted octanol–water partition coefficient (Wildman–Crippen LogP) is 4.93. The molecule has 1 aromatic carbocycles. The lowest BCUT2D eigenvalue weighted by atomic mass is 10.1. The van der Waals surface area contributed by atoms with Crippen LogP contribution in [0, 0.1) is 0 Å². The molecule has 0 amide bonds. The summed E-state index contributed by atoms with van der Waals surface area (Å²) in [6, 6.07) is 5.05. The summed E-state index contributed by atoms with van der Waals surface area (Å²) in [6.07, 6.45) is 5.17. The van der Waals surface area contributed by atoms with Crippen molar-refractivity contribution in [3.05, 3.63) is 65.1 Å². The third-order valence-corrected chi connectivity index (χ3v) is 5.59. The molecule has 1 saturated heterocycles. The molecule has 1 fully saturated rings. The highest BCUT2D eigenvalue weighted by atomic mass is 35.5. The van der Waals surface area contributed by atoms with Crippen LogP contribution in [0.5, 0.6) is 0 Å². The Hall–Kier alpha value is -3.11. The van der Waals surface area contributed by atoms with Crippen molar-refractivity contribution in [3.63, 3.8) is 0 Å². The lowest BCUT2D eigenvalue weighted by Gasteiger charge is -2.32. The Bertz CT molecular complexity index is 1090. The van der Waals surface area contributed by atoms with Crippen molar-refractivity contribution in [1.82, 2.24) is 14.9 Å². The average Bonchev–Trinajstić information content (AvgIpc) is 3.02. The highest BCUT2D eigenvalue weighted by molar-refractivity contribution is 6.32. The molecule has 0 aliphatic carbocycles. The van der Waals surface area contributed by atoms with E-state index in [2.05, 4.69) is 30.5 Å². The van der Waals surface area contributed by atoms with Crippen LogP contribution in [0.2, 0.25) is 5.02 Å². The van der Waals surface area contributed by atoms with E-state index in [0.717, 1.165) is 43.8 Å². The van der Waals surface area contributed by atoms with Gasteiger partial charge in [0.1, 0.15) is 10.9 Å². The van der Waals surface area contributed by atoms with E-state index in [0.29, 0.717) is 12.3 Å². The SMILES string of the molecule is NC1CCN(C2=CN=C(Nc3ncc(Cl)c(Nc4cccc(C(F)(F)F)c4)n3)CC=C2)CC1. The molecule has 4 N–H and O–H groups in total. The third kappa shape index (κ3) is 6.02. The largest absolute Gasteiger partial charge is 0.416 e. The molecule has 3 heterocycles. The average molecular weight is 478 g/mol. The molecule has 4 rings (SSSR count). The highest BCUT2D eigenvalue weighted by Gasteiger charge is 2.30. The first kappa shape index (κ1) is 23.1. The van der Waals surface area contributed by atoms with Crippen LogP contribution < -0.4 is 16.4 Å². The fourth-order valence-electron chi connectivity index (χ4n) is 3.51. The number of alkyl halides is 3. The molecule has 1 aromatic heterocycles. The Kier molecular flexibility index (Phi) is 6.85. The van der Waals surface area contributed by atoms with E-state index in [-0.39, 0.29) is 28.5 Å². The molecule has 2 aliphatic rings. The fraction of sp³-hybridized carbons (Fsp3) is 0.318. The molecule has 0 spiro atoms. The molecule has 174 valence electrons. The van der Waals surface area contributed by atoms with Gasteiger partial charge in [0.05, 0.1) is 23.7 Å². The smallest absolute Gasteiger partial charge is 0.370 e. The zero-order chi connectivity index (χ0) is 23.4. The van der Waals surface area contributed by atoms with E-state index in [4.69, 9.17) is 17.3 Å². The van der Waals surface area contributed by atoms with E-state index in [1.807, 2.05) is 12.2 Å². The maximum Gasteiger partial charge on any atom is 0.416 e. The molecule has 0 bridgehead atoms. The Morgan fingerprint density at radius 3 is 2.70 bits per heavy atom. The van der Waals surface area contributed by atoms with E-state index in [1.54, 1.807) is 6.20 Å². The molecule has 11 heteroatoms. The van der Waals surface area contributed by atoms with E-state index < -0.39 is 11.7 Å². The first-order valence-electron chi connectivity index (χ1n) is 10.5. The molecule has 33 heavy (non-hydrogen) atoms. The second kappa shape index (κ2) is 9.80. The number of aliphatic imine (C=N–C) groups is 1. The number of hydrogen-bond donors (Lipinski definition) is 3. The van der Waals surface area contributed by atoms with Crippen molar-refractivity contribution < 1.29 is 13.2 Å². The van der Waals surface area contributed by atoms with Gasteiger partial charge in [0.2, 0.25) is 5.95 Å². The number of aromatic nitrogens is 2. The van der Waals surface area contributed by atoms with Crippen LogP contribution in [0.4, 0.5) is 30.6 Å². The molecule has 0 radical (unpaired) electrons. The summed E-state index contributed by atoms with van der Waals surface area (Å²) in [6.45, 7) is 1.78. The summed E-state index contributed by atoms with van der Waals surface area (Å²) in [4.78, 5) is 15.2. The van der Waals surface area contributed by atoms with Gasteiger partial charge in [0.25, 0.3) is 0 Å². The normalized spacial score (nSPS) is 17.3. The van der Waals surface area contributed by atoms with E-state index in [9.17, 15) is 13.2 Å². The minimum Gasteiger partial charge on any atom is -0.370 e. The topological polar surface area (TPSA) is 91.5 Å². The van der Waals surface area contributed by atoms with Gasteiger partial charge in [0.15, 0.2) is 5.82 Å². The Morgan fingerprint density at radius 2 is 1.94 bits per heavy atom. The first-order valence-corrected chi connectivity index (χ1v) is 10.8. The van der Waals surface area contributed by atoms with Crippen LogP contribution in [0.1, 0.15) is 24.8 Å². The number of amidine groups is 1. The Balaban J connectivity index is 1.47. The minimum absolute atomic E-state index is 0.172. The third-order valence-electron chi connectivity index (χ3n) is 5.31. The molecule has 2 aromatic rings. The summed E-state index contributed by atoms with van der Waals surface area (Å²) in [5.74, 6) is 1.03. The maximum atomic E-state index is 13.0. The minimum atomic E-state index is -4.45. The molecule has 0 unspecified atom stereocenters. The first-order chi connectivity index (χ1) is 15.8. The number of benzene rings is 1. The summed E-state index contributed by atoms with van der Waals surface area (Å²) < 4.78 is 39.0. The lowest BCUT2D eigenvalue weighted by molar-refractivity contribution is -0.137. The summed E-state index contributed by atoms with van der Waals surface area (Å²) in [7, 11) is 0. The van der Waals surface area contributed by atoms with Gasteiger partial charge < -0.3 is 21.3 Å². The van der Waals surface area contributed by atoms with Crippen LogP contribution in [-0.4, -0.2) is 39.8 Å². The van der Waals surface area contributed by atoms with Gasteiger partial charge in [-0.3, -0.25) is 0 Å². The number of nitrogens with two attached hydrogens (primary N) is 1. The molecule has 7 nitrogen and oxygen atoms in total. The van der Waals surface area contributed by atoms with Crippen LogP contribution in [0.25, 0.3) is 0 Å². The second-order valence-electron chi connectivity index (χ2n) is 7.78. The monoisotopic (exact) mass is 477 g/mol. The molecular formula is C22H23ClF3N7. The number of allylic oxidation sites excluding steroid dienone is 1. The number of nitrogens with one attached hydrogen (secondary N) is 2. The number of likely N-dealkylation sites (tertiary alicyclic amines) is 1. The van der Waals surface area contributed by atoms with Gasteiger partial charge in [-0.15, -0.1) is 0 Å². The number of piperidine rings is 1. The van der Waals surface area contributed by atoms with Crippen LogP contribution >= 0.6 is 11.6 Å². The molecular weight excluding hydrogens is 455 g/mol. The zero-order valence-corrected chi connectivity index (χ0v) is 18.4.